The van der Waals surface area contributed by atoms with Crippen LogP contribution in [0.2, 0.25) is 0 Å². The average molecular weight is 339 g/mol. The van der Waals surface area contributed by atoms with Crippen LogP contribution in [0, 0.1) is 24.0 Å². The molecule has 0 saturated heterocycles. The second-order valence-electron chi connectivity index (χ2n) is 5.13. The third-order valence-electron chi connectivity index (χ3n) is 3.49. The Morgan fingerprint density at radius 1 is 1.25 bits per heavy atom. The summed E-state index contributed by atoms with van der Waals surface area (Å²) < 4.78 is 5.64. The zero-order valence-corrected chi connectivity index (χ0v) is 13.9. The van der Waals surface area contributed by atoms with Crippen molar-refractivity contribution >= 4 is 17.0 Å². The maximum Gasteiger partial charge on any atom is 0.312 e. The van der Waals surface area contributed by atoms with E-state index < -0.39 is 4.92 Å². The number of thiazole rings is 1. The average Bonchev–Trinajstić information content (AvgIpc) is 2.97. The summed E-state index contributed by atoms with van der Waals surface area (Å²) in [5.74, 6) is 0.762. The Kier molecular flexibility index (Phi) is 4.57. The maximum atomic E-state index is 11.4. The van der Waals surface area contributed by atoms with Crippen LogP contribution in [0.15, 0.2) is 48.5 Å². The van der Waals surface area contributed by atoms with Crippen LogP contribution in [0.4, 0.5) is 5.69 Å². The summed E-state index contributed by atoms with van der Waals surface area (Å²) in [6.07, 6.45) is 0.654. The second-order valence-corrected chi connectivity index (χ2v) is 6.22. The van der Waals surface area contributed by atoms with Gasteiger partial charge in [-0.1, -0.05) is 18.2 Å². The van der Waals surface area contributed by atoms with E-state index in [1.54, 1.807) is 24.3 Å². The van der Waals surface area contributed by atoms with Crippen molar-refractivity contribution in [3.8, 4) is 22.1 Å². The molecule has 0 fully saturated rings. The van der Waals surface area contributed by atoms with Crippen molar-refractivity contribution in [1.29, 1.82) is 0 Å². The summed E-state index contributed by atoms with van der Waals surface area (Å²) in [5.41, 5.74) is 1.53. The highest BCUT2D eigenvalue weighted by molar-refractivity contribution is 7.15. The van der Waals surface area contributed by atoms with Crippen LogP contribution in [-0.2, 0) is 6.42 Å². The van der Waals surface area contributed by atoms with E-state index in [0.717, 1.165) is 15.6 Å². The van der Waals surface area contributed by atoms with E-state index in [4.69, 9.17) is 4.74 Å². The van der Waals surface area contributed by atoms with Crippen molar-refractivity contribution < 1.29 is 9.66 Å². The Bertz CT molecular complexity index is 875. The second kappa shape index (κ2) is 6.80. The molecule has 24 heavy (non-hydrogen) atoms. The first-order valence-corrected chi connectivity index (χ1v) is 8.17. The molecule has 5 nitrogen and oxygen atoms in total. The van der Waals surface area contributed by atoms with Gasteiger partial charge in [0.05, 0.1) is 10.6 Å². The SMILES string of the molecule is [CH2]Cc1sc(-c2ccc(Oc3ccccc3)c([N+](=O)[O-])c2)nc1C. The molecule has 0 spiro atoms. The van der Waals surface area contributed by atoms with Gasteiger partial charge < -0.3 is 4.74 Å². The van der Waals surface area contributed by atoms with Crippen molar-refractivity contribution in [3.63, 3.8) is 0 Å². The Labute approximate surface area is 143 Å². The van der Waals surface area contributed by atoms with Crippen LogP contribution in [0.1, 0.15) is 10.6 Å². The monoisotopic (exact) mass is 339 g/mol. The van der Waals surface area contributed by atoms with Crippen LogP contribution in [-0.4, -0.2) is 9.91 Å². The molecule has 1 aromatic heterocycles. The molecule has 0 N–H and O–H groups in total. The minimum Gasteiger partial charge on any atom is -0.450 e. The zero-order chi connectivity index (χ0) is 17.1. The summed E-state index contributed by atoms with van der Waals surface area (Å²) in [6, 6.07) is 13.9. The standard InChI is InChI=1S/C18H15N2O3S/c1-3-17-12(2)19-18(24-17)13-9-10-16(15(11-13)20(21)22)23-14-7-5-4-6-8-14/h4-11H,1,3H2,2H3. The summed E-state index contributed by atoms with van der Waals surface area (Å²) in [4.78, 5) is 16.5. The van der Waals surface area contributed by atoms with Crippen molar-refractivity contribution in [1.82, 2.24) is 4.98 Å². The topological polar surface area (TPSA) is 65.3 Å². The van der Waals surface area contributed by atoms with Crippen LogP contribution in [0.3, 0.4) is 0 Å². The van der Waals surface area contributed by atoms with E-state index in [1.165, 1.54) is 17.4 Å². The number of aryl methyl sites for hydroxylation is 1. The van der Waals surface area contributed by atoms with Gasteiger partial charge in [0.2, 0.25) is 5.75 Å². The van der Waals surface area contributed by atoms with Gasteiger partial charge in [-0.05, 0) is 44.5 Å². The highest BCUT2D eigenvalue weighted by atomic mass is 32.1. The predicted octanol–water partition coefficient (Wildman–Crippen LogP) is 5.20. The van der Waals surface area contributed by atoms with Gasteiger partial charge in [0.25, 0.3) is 0 Å². The van der Waals surface area contributed by atoms with Gasteiger partial charge in [0, 0.05) is 16.5 Å². The normalized spacial score (nSPS) is 10.6. The smallest absolute Gasteiger partial charge is 0.312 e. The van der Waals surface area contributed by atoms with E-state index in [0.29, 0.717) is 17.7 Å². The number of nitro benzene ring substituents is 1. The Morgan fingerprint density at radius 3 is 2.62 bits per heavy atom. The molecule has 0 bridgehead atoms. The van der Waals surface area contributed by atoms with Crippen LogP contribution < -0.4 is 4.74 Å². The van der Waals surface area contributed by atoms with Crippen molar-refractivity contribution in [2.45, 2.75) is 13.3 Å². The summed E-state index contributed by atoms with van der Waals surface area (Å²) in [7, 11) is 0. The van der Waals surface area contributed by atoms with Crippen molar-refractivity contribution in [2.24, 2.45) is 0 Å². The molecular formula is C18H15N2O3S. The highest BCUT2D eigenvalue weighted by Crippen LogP contribution is 2.37. The summed E-state index contributed by atoms with van der Waals surface area (Å²) >= 11 is 1.51. The molecule has 0 amide bonds. The predicted molar refractivity (Wildman–Crippen MR) is 94.5 cm³/mol. The molecule has 3 aromatic rings. The van der Waals surface area contributed by atoms with Crippen LogP contribution in [0.5, 0.6) is 11.5 Å². The number of hydrogen-bond acceptors (Lipinski definition) is 5. The fraction of sp³-hybridized carbons (Fsp3) is 0.111. The van der Waals surface area contributed by atoms with Gasteiger partial charge in [-0.3, -0.25) is 10.1 Å². The number of hydrogen-bond donors (Lipinski definition) is 0. The number of nitro groups is 1. The zero-order valence-electron chi connectivity index (χ0n) is 13.1. The first-order valence-electron chi connectivity index (χ1n) is 7.35. The number of ether oxygens (including phenoxy) is 1. The molecule has 121 valence electrons. The Morgan fingerprint density at radius 2 is 2.00 bits per heavy atom. The van der Waals surface area contributed by atoms with Gasteiger partial charge in [0.15, 0.2) is 0 Å². The quantitative estimate of drug-likeness (QED) is 0.473. The van der Waals surface area contributed by atoms with Gasteiger partial charge in [0.1, 0.15) is 10.8 Å². The molecule has 0 saturated carbocycles. The number of aromatic nitrogens is 1. The number of nitrogens with zero attached hydrogens (tertiary/aromatic N) is 2. The molecule has 2 aromatic carbocycles. The van der Waals surface area contributed by atoms with E-state index in [1.807, 2.05) is 25.1 Å². The van der Waals surface area contributed by atoms with Gasteiger partial charge in [-0.2, -0.15) is 0 Å². The molecule has 6 heteroatoms. The molecular weight excluding hydrogens is 324 g/mol. The first-order chi connectivity index (χ1) is 11.6. The summed E-state index contributed by atoms with van der Waals surface area (Å²) in [6.45, 7) is 5.79. The maximum absolute atomic E-state index is 11.4. The molecule has 0 atom stereocenters. The van der Waals surface area contributed by atoms with E-state index >= 15 is 0 Å². The highest BCUT2D eigenvalue weighted by Gasteiger charge is 2.19. The fourth-order valence-electron chi connectivity index (χ4n) is 2.28. The first kappa shape index (κ1) is 16.1. The fourth-order valence-corrected chi connectivity index (χ4v) is 3.23. The molecule has 0 aliphatic carbocycles. The molecule has 3 rings (SSSR count). The molecule has 1 radical (unpaired) electrons. The Hall–Kier alpha value is -2.73. The third-order valence-corrected chi connectivity index (χ3v) is 4.76. The van der Waals surface area contributed by atoms with E-state index in [2.05, 4.69) is 11.9 Å². The summed E-state index contributed by atoms with van der Waals surface area (Å²) in [5, 5.41) is 12.2. The lowest BCUT2D eigenvalue weighted by Gasteiger charge is -2.07. The van der Waals surface area contributed by atoms with Gasteiger partial charge in [-0.15, -0.1) is 11.3 Å². The number of benzene rings is 2. The van der Waals surface area contributed by atoms with Crippen LogP contribution in [0.25, 0.3) is 10.6 Å². The van der Waals surface area contributed by atoms with Crippen molar-refractivity contribution in [3.05, 3.63) is 76.1 Å². The lowest BCUT2D eigenvalue weighted by Crippen LogP contribution is -1.94. The van der Waals surface area contributed by atoms with Gasteiger partial charge in [-0.25, -0.2) is 4.98 Å². The minimum atomic E-state index is -0.440. The largest absolute Gasteiger partial charge is 0.450 e. The van der Waals surface area contributed by atoms with E-state index in [-0.39, 0.29) is 11.4 Å². The number of rotatable bonds is 5. The molecule has 0 unspecified atom stereocenters. The lowest BCUT2D eigenvalue weighted by molar-refractivity contribution is -0.385. The third kappa shape index (κ3) is 3.28. The Balaban J connectivity index is 1.99. The molecule has 0 aliphatic heterocycles. The number of para-hydroxylation sites is 1. The van der Waals surface area contributed by atoms with Crippen molar-refractivity contribution in [2.75, 3.05) is 0 Å². The van der Waals surface area contributed by atoms with Gasteiger partial charge >= 0.3 is 5.69 Å². The molecule has 1 heterocycles. The van der Waals surface area contributed by atoms with Crippen LogP contribution >= 0.6 is 11.3 Å². The van der Waals surface area contributed by atoms with E-state index in [9.17, 15) is 10.1 Å². The molecule has 0 aliphatic rings. The minimum absolute atomic E-state index is 0.0830. The lowest BCUT2D eigenvalue weighted by atomic mass is 10.2.